The second-order valence-corrected chi connectivity index (χ2v) is 6.22. The zero-order valence-electron chi connectivity index (χ0n) is 12.8. The third-order valence-corrected chi connectivity index (χ3v) is 4.45. The highest BCUT2D eigenvalue weighted by molar-refractivity contribution is 7.18. The molecule has 0 aliphatic rings. The number of ether oxygens (including phenoxy) is 1. The summed E-state index contributed by atoms with van der Waals surface area (Å²) >= 11 is 0.974. The Morgan fingerprint density at radius 2 is 2.00 bits per heavy atom. The van der Waals surface area contributed by atoms with Crippen LogP contribution in [0.3, 0.4) is 0 Å². The van der Waals surface area contributed by atoms with Gasteiger partial charge in [-0.1, -0.05) is 26.2 Å². The zero-order valence-corrected chi connectivity index (χ0v) is 13.6. The first-order valence-corrected chi connectivity index (χ1v) is 8.03. The number of carbonyl (C=O) groups excluding carboxylic acids is 1. The number of thiophene rings is 1. The first-order chi connectivity index (χ1) is 9.88. The van der Waals surface area contributed by atoms with Crippen molar-refractivity contribution in [1.29, 1.82) is 0 Å². The van der Waals surface area contributed by atoms with Gasteiger partial charge >= 0.3 is 11.9 Å². The number of unbranched alkanes of at least 4 members (excludes halogenated alkanes) is 3. The maximum atomic E-state index is 12.1. The smallest absolute Gasteiger partial charge is 0.348 e. The van der Waals surface area contributed by atoms with Crippen LogP contribution in [0.1, 0.15) is 71.5 Å². The second kappa shape index (κ2) is 8.02. The SMILES string of the molecule is CCCCCCC(C)OC(=O)c1sc(N)c(C(=O)O)c1C. The lowest BCUT2D eigenvalue weighted by molar-refractivity contribution is 0.0324. The van der Waals surface area contributed by atoms with E-state index in [0.717, 1.165) is 30.6 Å². The summed E-state index contributed by atoms with van der Waals surface area (Å²) in [5.41, 5.74) is 6.04. The van der Waals surface area contributed by atoms with E-state index in [0.29, 0.717) is 5.56 Å². The molecule has 0 spiro atoms. The molecule has 1 atom stereocenters. The van der Waals surface area contributed by atoms with Gasteiger partial charge in [-0.05, 0) is 32.3 Å². The Bertz CT molecular complexity index is 510. The fraction of sp³-hybridized carbons (Fsp3) is 0.600. The second-order valence-electron chi connectivity index (χ2n) is 5.17. The van der Waals surface area contributed by atoms with E-state index in [2.05, 4.69) is 6.92 Å². The van der Waals surface area contributed by atoms with Crippen LogP contribution in [0.4, 0.5) is 5.00 Å². The largest absolute Gasteiger partial charge is 0.478 e. The summed E-state index contributed by atoms with van der Waals surface area (Å²) in [5, 5.41) is 9.21. The van der Waals surface area contributed by atoms with Gasteiger partial charge in [-0.3, -0.25) is 0 Å². The highest BCUT2D eigenvalue weighted by Gasteiger charge is 2.24. The number of anilines is 1. The van der Waals surface area contributed by atoms with Gasteiger partial charge in [0.05, 0.1) is 11.7 Å². The number of aromatic carboxylic acids is 1. The van der Waals surface area contributed by atoms with Crippen molar-refractivity contribution in [3.05, 3.63) is 16.0 Å². The van der Waals surface area contributed by atoms with Gasteiger partial charge in [-0.15, -0.1) is 11.3 Å². The number of nitrogens with two attached hydrogens (primary N) is 1. The lowest BCUT2D eigenvalue weighted by Crippen LogP contribution is -2.15. The number of hydrogen-bond donors (Lipinski definition) is 2. The van der Waals surface area contributed by atoms with Gasteiger partial charge in [0, 0.05) is 0 Å². The molecular weight excluding hydrogens is 290 g/mol. The summed E-state index contributed by atoms with van der Waals surface area (Å²) in [7, 11) is 0. The summed E-state index contributed by atoms with van der Waals surface area (Å²) < 4.78 is 5.37. The van der Waals surface area contributed by atoms with E-state index in [9.17, 15) is 9.59 Å². The molecule has 1 heterocycles. The number of hydrogen-bond acceptors (Lipinski definition) is 5. The molecule has 6 heteroatoms. The first-order valence-electron chi connectivity index (χ1n) is 7.21. The number of carboxylic acids is 1. The predicted octanol–water partition coefficient (Wildman–Crippen LogP) is 3.85. The van der Waals surface area contributed by atoms with Crippen molar-refractivity contribution in [2.75, 3.05) is 5.73 Å². The summed E-state index contributed by atoms with van der Waals surface area (Å²) in [6, 6.07) is 0. The van der Waals surface area contributed by atoms with Gasteiger partial charge < -0.3 is 15.6 Å². The Kier molecular flexibility index (Phi) is 6.68. The van der Waals surface area contributed by atoms with Gasteiger partial charge in [-0.2, -0.15) is 0 Å². The van der Waals surface area contributed by atoms with E-state index in [4.69, 9.17) is 15.6 Å². The van der Waals surface area contributed by atoms with Crippen molar-refractivity contribution < 1.29 is 19.4 Å². The molecule has 0 aliphatic heterocycles. The Hall–Kier alpha value is -1.56. The van der Waals surface area contributed by atoms with Crippen molar-refractivity contribution in [2.24, 2.45) is 0 Å². The maximum Gasteiger partial charge on any atom is 0.348 e. The fourth-order valence-electron chi connectivity index (χ4n) is 2.15. The Morgan fingerprint density at radius 3 is 2.52 bits per heavy atom. The van der Waals surface area contributed by atoms with Gasteiger partial charge in [-0.25, -0.2) is 9.59 Å². The summed E-state index contributed by atoms with van der Waals surface area (Å²) in [5.74, 6) is -1.60. The monoisotopic (exact) mass is 313 g/mol. The minimum Gasteiger partial charge on any atom is -0.478 e. The van der Waals surface area contributed by atoms with Crippen LogP contribution >= 0.6 is 11.3 Å². The molecule has 0 saturated heterocycles. The molecule has 0 aromatic carbocycles. The van der Waals surface area contributed by atoms with E-state index in [-0.39, 0.29) is 21.5 Å². The molecule has 0 amide bonds. The van der Waals surface area contributed by atoms with E-state index >= 15 is 0 Å². The number of esters is 1. The van der Waals surface area contributed by atoms with Crippen molar-refractivity contribution >= 4 is 28.3 Å². The van der Waals surface area contributed by atoms with Crippen LogP contribution in [-0.2, 0) is 4.74 Å². The molecule has 118 valence electrons. The summed E-state index contributed by atoms with van der Waals surface area (Å²) in [4.78, 5) is 23.5. The van der Waals surface area contributed by atoms with Crippen LogP contribution in [-0.4, -0.2) is 23.1 Å². The highest BCUT2D eigenvalue weighted by atomic mass is 32.1. The van der Waals surface area contributed by atoms with Crippen LogP contribution in [0.15, 0.2) is 0 Å². The highest BCUT2D eigenvalue weighted by Crippen LogP contribution is 2.31. The lowest BCUT2D eigenvalue weighted by Gasteiger charge is -2.12. The lowest BCUT2D eigenvalue weighted by atomic mass is 10.1. The summed E-state index contributed by atoms with van der Waals surface area (Å²) in [6.07, 6.45) is 5.15. The average Bonchev–Trinajstić information content (AvgIpc) is 2.70. The molecule has 0 bridgehead atoms. The number of nitrogen functional groups attached to an aromatic ring is 1. The van der Waals surface area contributed by atoms with Crippen molar-refractivity contribution in [3.8, 4) is 0 Å². The molecule has 5 nitrogen and oxygen atoms in total. The van der Waals surface area contributed by atoms with Gasteiger partial charge in [0.1, 0.15) is 9.88 Å². The normalized spacial score (nSPS) is 12.1. The third kappa shape index (κ3) is 4.74. The quantitative estimate of drug-likeness (QED) is 0.562. The maximum absolute atomic E-state index is 12.1. The molecule has 3 N–H and O–H groups in total. The Balaban J connectivity index is 2.64. The van der Waals surface area contributed by atoms with Gasteiger partial charge in [0.15, 0.2) is 0 Å². The molecule has 1 unspecified atom stereocenters. The van der Waals surface area contributed by atoms with Crippen molar-refractivity contribution in [1.82, 2.24) is 0 Å². The minimum absolute atomic E-state index is 0.00236. The zero-order chi connectivity index (χ0) is 16.0. The molecule has 1 rings (SSSR count). The van der Waals surface area contributed by atoms with Gasteiger partial charge in [0.2, 0.25) is 0 Å². The standard InChI is InChI=1S/C15H23NO4S/c1-4-5-6-7-8-9(2)20-15(19)12-10(3)11(14(17)18)13(16)21-12/h9H,4-8,16H2,1-3H3,(H,17,18). The third-order valence-electron chi connectivity index (χ3n) is 3.35. The van der Waals surface area contributed by atoms with E-state index < -0.39 is 11.9 Å². The van der Waals surface area contributed by atoms with E-state index in [1.165, 1.54) is 12.8 Å². The molecule has 0 fully saturated rings. The molecule has 21 heavy (non-hydrogen) atoms. The van der Waals surface area contributed by atoms with Crippen molar-refractivity contribution in [3.63, 3.8) is 0 Å². The van der Waals surface area contributed by atoms with Crippen LogP contribution in [0.25, 0.3) is 0 Å². The first kappa shape index (κ1) is 17.5. The van der Waals surface area contributed by atoms with Crippen LogP contribution in [0.5, 0.6) is 0 Å². The van der Waals surface area contributed by atoms with Crippen LogP contribution < -0.4 is 5.73 Å². The number of rotatable bonds is 8. The minimum atomic E-state index is -1.12. The fourth-order valence-corrected chi connectivity index (χ4v) is 3.10. The number of carboxylic acid groups (broad SMARTS) is 1. The Morgan fingerprint density at radius 1 is 1.33 bits per heavy atom. The molecule has 1 aromatic rings. The van der Waals surface area contributed by atoms with Crippen LogP contribution in [0, 0.1) is 6.92 Å². The van der Waals surface area contributed by atoms with E-state index in [1.54, 1.807) is 6.92 Å². The Labute approximate surface area is 129 Å². The topological polar surface area (TPSA) is 89.6 Å². The molecule has 1 aromatic heterocycles. The predicted molar refractivity (Wildman–Crippen MR) is 84.1 cm³/mol. The molecule has 0 saturated carbocycles. The van der Waals surface area contributed by atoms with Gasteiger partial charge in [0.25, 0.3) is 0 Å². The van der Waals surface area contributed by atoms with Crippen molar-refractivity contribution in [2.45, 2.75) is 59.0 Å². The van der Waals surface area contributed by atoms with E-state index in [1.807, 2.05) is 6.92 Å². The average molecular weight is 313 g/mol. The number of carbonyl (C=O) groups is 2. The summed E-state index contributed by atoms with van der Waals surface area (Å²) in [6.45, 7) is 5.58. The molecule has 0 aliphatic carbocycles. The van der Waals surface area contributed by atoms with Crippen LogP contribution in [0.2, 0.25) is 0 Å². The molecular formula is C15H23NO4S. The molecule has 0 radical (unpaired) electrons.